The summed E-state index contributed by atoms with van der Waals surface area (Å²) < 4.78 is 14.9. The molecule has 5 heteroatoms. The second-order valence-corrected chi connectivity index (χ2v) is 6.74. The monoisotopic (exact) mass is 389 g/mol. The first-order chi connectivity index (χ1) is 10.8. The molecule has 0 aromatic heterocycles. The van der Waals surface area contributed by atoms with E-state index in [0.717, 1.165) is 12.8 Å². The fourth-order valence-corrected chi connectivity index (χ4v) is 2.78. The summed E-state index contributed by atoms with van der Waals surface area (Å²) in [7, 11) is -2.40. The largest absolute Gasteiger partial charge is 0.694 e. The Morgan fingerprint density at radius 3 is 1.70 bits per heavy atom. The molecule has 0 amide bonds. The van der Waals surface area contributed by atoms with Crippen LogP contribution >= 0.6 is 8.25 Å². The molecule has 0 aromatic rings. The van der Waals surface area contributed by atoms with Crippen molar-refractivity contribution < 1.29 is 30.5 Å². The molecule has 1 atom stereocenters. The molecule has 0 heterocycles. The third-order valence-corrected chi connectivity index (χ3v) is 4.26. The minimum Gasteiger partial charge on any atom is -0.133 e. The second-order valence-electron chi connectivity index (χ2n) is 6.01. The maximum Gasteiger partial charge on any atom is 0.694 e. The molecule has 0 spiro atoms. The van der Waals surface area contributed by atoms with Crippen molar-refractivity contribution >= 4 is 8.25 Å². The van der Waals surface area contributed by atoms with Gasteiger partial charge in [-0.3, -0.25) is 0 Å². The molecule has 0 bridgehead atoms. The molecule has 0 fully saturated rings. The molecular weight excluding hydrogens is 354 g/mol. The molecule has 0 aromatic carbocycles. The Balaban J connectivity index is 0. The molecule has 0 aliphatic heterocycles. The zero-order valence-corrected chi connectivity index (χ0v) is 16.7. The van der Waals surface area contributed by atoms with Crippen molar-refractivity contribution in [3.8, 4) is 0 Å². The molecule has 1 N–H and O–H groups in total. The van der Waals surface area contributed by atoms with Gasteiger partial charge in [0.15, 0.2) is 0 Å². The summed E-state index contributed by atoms with van der Waals surface area (Å²) in [6, 6.07) is 0. The smallest absolute Gasteiger partial charge is 0.133 e. The van der Waals surface area contributed by atoms with Gasteiger partial charge >= 0.3 is 8.25 Å². The second kappa shape index (κ2) is 22.3. The van der Waals surface area contributed by atoms with Gasteiger partial charge in [-0.05, 0) is 32.1 Å². The van der Waals surface area contributed by atoms with E-state index in [1.807, 2.05) is 0 Å². The van der Waals surface area contributed by atoms with Gasteiger partial charge in [-0.1, -0.05) is 76.9 Å². The van der Waals surface area contributed by atoms with Gasteiger partial charge in [0, 0.05) is 21.1 Å². The average molecular weight is 390 g/mol. The van der Waals surface area contributed by atoms with Gasteiger partial charge in [0.2, 0.25) is 0 Å². The van der Waals surface area contributed by atoms with Gasteiger partial charge in [0.05, 0.1) is 0 Å². The maximum atomic E-state index is 10.3. The summed E-state index contributed by atoms with van der Waals surface area (Å²) in [6.07, 6.45) is 22.4. The van der Waals surface area contributed by atoms with Gasteiger partial charge in [-0.2, -0.15) is 0 Å². The van der Waals surface area contributed by atoms with Crippen molar-refractivity contribution in [2.24, 2.45) is 0 Å². The van der Waals surface area contributed by atoms with Gasteiger partial charge < -0.3 is 0 Å². The molecule has 0 aliphatic rings. The van der Waals surface area contributed by atoms with Crippen LogP contribution in [-0.2, 0) is 25.6 Å². The van der Waals surface area contributed by atoms with Crippen LogP contribution < -0.4 is 0 Å². The van der Waals surface area contributed by atoms with Crippen LogP contribution in [0.5, 0.6) is 0 Å². The summed E-state index contributed by atoms with van der Waals surface area (Å²) >= 11 is 0. The quantitative estimate of drug-likeness (QED) is 0.130. The number of unbranched alkanes of at least 4 members (excludes halogenated alkanes) is 12. The third kappa shape index (κ3) is 24.6. The van der Waals surface area contributed by atoms with Gasteiger partial charge in [-0.25, -0.2) is 0 Å². The Labute approximate surface area is 154 Å². The van der Waals surface area contributed by atoms with E-state index in [1.165, 1.54) is 77.0 Å². The minimum absolute atomic E-state index is 0. The average Bonchev–Trinajstić information content (AvgIpc) is 2.50. The van der Waals surface area contributed by atoms with E-state index < -0.39 is 8.25 Å². The summed E-state index contributed by atoms with van der Waals surface area (Å²) in [4.78, 5) is 8.46. The Bertz CT molecular complexity index is 273. The summed E-state index contributed by atoms with van der Waals surface area (Å²) in [5.74, 6) is 0. The SMILES string of the molecule is CCCCCCCC/C=C\CCCCCCCCO[P+](=O)O.[Ni]. The molecule has 140 valence electrons. The molecular formula is C18H36NiO3P+. The number of allylic oxidation sites excluding steroid dienone is 2. The van der Waals surface area contributed by atoms with E-state index in [4.69, 9.17) is 4.89 Å². The van der Waals surface area contributed by atoms with Crippen molar-refractivity contribution in [1.82, 2.24) is 0 Å². The van der Waals surface area contributed by atoms with Crippen LogP contribution in [0.4, 0.5) is 0 Å². The summed E-state index contributed by atoms with van der Waals surface area (Å²) in [5, 5.41) is 0. The zero-order chi connectivity index (χ0) is 16.3. The normalized spacial score (nSPS) is 11.7. The topological polar surface area (TPSA) is 46.5 Å². The van der Waals surface area contributed by atoms with Crippen LogP contribution in [0.3, 0.4) is 0 Å². The Morgan fingerprint density at radius 2 is 1.22 bits per heavy atom. The van der Waals surface area contributed by atoms with E-state index in [1.54, 1.807) is 0 Å². The van der Waals surface area contributed by atoms with E-state index in [2.05, 4.69) is 23.6 Å². The van der Waals surface area contributed by atoms with Gasteiger partial charge in [0.1, 0.15) is 6.61 Å². The standard InChI is InChI=1S/C18H35O3P.Ni/c1-2-3-4-5-6-7-8-9-10-11-12-13-14-15-16-17-18-21-22(19)20;/h9-10H,2-8,11-18H2,1H3;/p+1/b10-9-;. The van der Waals surface area contributed by atoms with Crippen molar-refractivity contribution in [3.63, 3.8) is 0 Å². The minimum atomic E-state index is -2.40. The first kappa shape index (κ1) is 25.5. The predicted molar refractivity (Wildman–Crippen MR) is 95.2 cm³/mol. The molecule has 1 unspecified atom stereocenters. The van der Waals surface area contributed by atoms with Crippen molar-refractivity contribution in [2.45, 2.75) is 96.8 Å². The van der Waals surface area contributed by atoms with E-state index in [-0.39, 0.29) is 16.5 Å². The van der Waals surface area contributed by atoms with Gasteiger partial charge in [0.25, 0.3) is 0 Å². The molecule has 23 heavy (non-hydrogen) atoms. The van der Waals surface area contributed by atoms with Crippen LogP contribution in [-0.4, -0.2) is 11.5 Å². The molecule has 0 radical (unpaired) electrons. The fourth-order valence-electron chi connectivity index (χ4n) is 2.49. The first-order valence-electron chi connectivity index (χ1n) is 9.21. The van der Waals surface area contributed by atoms with Crippen LogP contribution in [0.2, 0.25) is 0 Å². The fraction of sp³-hybridized carbons (Fsp3) is 0.889. The zero-order valence-electron chi connectivity index (χ0n) is 14.8. The maximum absolute atomic E-state index is 10.3. The number of rotatable bonds is 17. The predicted octanol–water partition coefficient (Wildman–Crippen LogP) is 6.69. The summed E-state index contributed by atoms with van der Waals surface area (Å²) in [6.45, 7) is 2.67. The number of hydrogen-bond acceptors (Lipinski definition) is 2. The van der Waals surface area contributed by atoms with Crippen molar-refractivity contribution in [3.05, 3.63) is 12.2 Å². The third-order valence-electron chi connectivity index (χ3n) is 3.86. The van der Waals surface area contributed by atoms with Gasteiger partial charge in [-0.15, -0.1) is 9.42 Å². The Kier molecular flexibility index (Phi) is 24.7. The van der Waals surface area contributed by atoms with Crippen LogP contribution in [0.1, 0.15) is 96.8 Å². The van der Waals surface area contributed by atoms with E-state index >= 15 is 0 Å². The Hall–Kier alpha value is 0.254. The van der Waals surface area contributed by atoms with Crippen LogP contribution in [0.25, 0.3) is 0 Å². The molecule has 0 rings (SSSR count). The Morgan fingerprint density at radius 1 is 0.783 bits per heavy atom. The van der Waals surface area contributed by atoms with Crippen molar-refractivity contribution in [2.75, 3.05) is 6.61 Å². The van der Waals surface area contributed by atoms with Crippen LogP contribution in [0, 0.1) is 0 Å². The van der Waals surface area contributed by atoms with E-state index in [0.29, 0.717) is 6.61 Å². The molecule has 0 saturated carbocycles. The molecule has 0 saturated heterocycles. The molecule has 3 nitrogen and oxygen atoms in total. The van der Waals surface area contributed by atoms with Crippen molar-refractivity contribution in [1.29, 1.82) is 0 Å². The van der Waals surface area contributed by atoms with E-state index in [9.17, 15) is 4.57 Å². The van der Waals surface area contributed by atoms with Crippen LogP contribution in [0.15, 0.2) is 12.2 Å². The first-order valence-corrected chi connectivity index (χ1v) is 10.3. The summed E-state index contributed by atoms with van der Waals surface area (Å²) in [5.41, 5.74) is 0. The molecule has 0 aliphatic carbocycles. The number of hydrogen-bond donors (Lipinski definition) is 1.